The minimum absolute atomic E-state index is 0.0212. The van der Waals surface area contributed by atoms with Crippen LogP contribution in [0.15, 0.2) is 47.6 Å². The minimum atomic E-state index is -1.46. The van der Waals surface area contributed by atoms with Crippen molar-refractivity contribution in [3.63, 3.8) is 0 Å². The number of aliphatic hydroxyl groups is 2. The predicted octanol–water partition coefficient (Wildman–Crippen LogP) is 0.771. The first-order valence-corrected chi connectivity index (χ1v) is 8.20. The van der Waals surface area contributed by atoms with Gasteiger partial charge in [-0.3, -0.25) is 4.79 Å². The van der Waals surface area contributed by atoms with E-state index in [1.807, 2.05) is 0 Å². The molecule has 2 aliphatic rings. The summed E-state index contributed by atoms with van der Waals surface area (Å²) in [5, 5.41) is 20.2. The lowest BCUT2D eigenvalue weighted by molar-refractivity contribution is -0.153. The predicted molar refractivity (Wildman–Crippen MR) is 91.8 cm³/mol. The maximum atomic E-state index is 12.0. The summed E-state index contributed by atoms with van der Waals surface area (Å²) in [6.45, 7) is 8.37. The molecular formula is C19H22O7. The number of rotatable bonds is 4. The Labute approximate surface area is 151 Å². The Balaban J connectivity index is 2.54. The molecule has 7 heteroatoms. The molecule has 2 rings (SSSR count). The van der Waals surface area contributed by atoms with Crippen molar-refractivity contribution < 1.29 is 34.1 Å². The quantitative estimate of drug-likeness (QED) is 0.329. The van der Waals surface area contributed by atoms with E-state index in [2.05, 4.69) is 13.2 Å². The number of carbonyl (C=O) groups is 3. The van der Waals surface area contributed by atoms with Crippen LogP contribution in [0.1, 0.15) is 19.8 Å². The van der Waals surface area contributed by atoms with E-state index < -0.39 is 36.2 Å². The molecule has 0 bridgehead atoms. The summed E-state index contributed by atoms with van der Waals surface area (Å²) in [6, 6.07) is 0. The van der Waals surface area contributed by atoms with E-state index in [-0.39, 0.29) is 23.3 Å². The van der Waals surface area contributed by atoms with Gasteiger partial charge in [-0.15, -0.1) is 0 Å². The largest absolute Gasteiger partial charge is 0.455 e. The number of ether oxygens (including phenoxy) is 2. The second-order valence-electron chi connectivity index (χ2n) is 6.36. The van der Waals surface area contributed by atoms with Crippen LogP contribution in [0, 0.1) is 5.92 Å². The minimum Gasteiger partial charge on any atom is -0.455 e. The summed E-state index contributed by atoms with van der Waals surface area (Å²) in [5.41, 5.74) is 0.748. The Hall–Kier alpha value is -2.51. The van der Waals surface area contributed by atoms with Crippen LogP contribution in [0.25, 0.3) is 0 Å². The highest BCUT2D eigenvalue weighted by molar-refractivity contribution is 5.92. The molecule has 0 aromatic heterocycles. The molecule has 1 fully saturated rings. The van der Waals surface area contributed by atoms with Gasteiger partial charge in [0.2, 0.25) is 0 Å². The number of esters is 2. The van der Waals surface area contributed by atoms with Crippen LogP contribution < -0.4 is 0 Å². The number of aldehydes is 1. The van der Waals surface area contributed by atoms with Gasteiger partial charge in [0.1, 0.15) is 24.6 Å². The van der Waals surface area contributed by atoms with E-state index in [9.17, 15) is 24.6 Å². The number of hydrogen-bond donors (Lipinski definition) is 2. The van der Waals surface area contributed by atoms with Gasteiger partial charge in [-0.05, 0) is 31.4 Å². The van der Waals surface area contributed by atoms with E-state index in [4.69, 9.17) is 9.47 Å². The van der Waals surface area contributed by atoms with Crippen molar-refractivity contribution in [3.8, 4) is 0 Å². The number of fused-ring (bicyclic) bond motifs is 1. The van der Waals surface area contributed by atoms with Gasteiger partial charge in [-0.1, -0.05) is 19.2 Å². The van der Waals surface area contributed by atoms with Gasteiger partial charge in [0, 0.05) is 16.7 Å². The summed E-state index contributed by atoms with van der Waals surface area (Å²) in [6.07, 6.45) is 0.770. The molecule has 0 amide bonds. The van der Waals surface area contributed by atoms with Gasteiger partial charge in [0.25, 0.3) is 0 Å². The topological polar surface area (TPSA) is 110 Å². The molecule has 0 radical (unpaired) electrons. The first kappa shape index (κ1) is 19.8. The molecule has 1 aliphatic heterocycles. The third-order valence-electron chi connectivity index (χ3n) is 4.44. The molecule has 0 aromatic rings. The summed E-state index contributed by atoms with van der Waals surface area (Å²) >= 11 is 0. The second kappa shape index (κ2) is 8.25. The average Bonchev–Trinajstić information content (AvgIpc) is 2.88. The van der Waals surface area contributed by atoms with Crippen LogP contribution in [0.4, 0.5) is 0 Å². The number of aliphatic hydroxyl groups excluding tert-OH is 2. The van der Waals surface area contributed by atoms with Crippen molar-refractivity contribution in [2.75, 3.05) is 6.61 Å². The number of hydrogen-bond acceptors (Lipinski definition) is 7. The fourth-order valence-electron chi connectivity index (χ4n) is 2.99. The van der Waals surface area contributed by atoms with Crippen LogP contribution in [0.5, 0.6) is 0 Å². The lowest BCUT2D eigenvalue weighted by atomic mass is 9.83. The molecule has 7 nitrogen and oxygen atoms in total. The molecule has 0 aromatic carbocycles. The first-order valence-electron chi connectivity index (χ1n) is 8.20. The molecule has 1 heterocycles. The fourth-order valence-corrected chi connectivity index (χ4v) is 2.99. The van der Waals surface area contributed by atoms with Gasteiger partial charge in [-0.25, -0.2) is 9.59 Å². The molecule has 0 saturated carbocycles. The summed E-state index contributed by atoms with van der Waals surface area (Å²) in [5.74, 6) is -2.36. The van der Waals surface area contributed by atoms with E-state index in [1.165, 1.54) is 13.0 Å². The molecule has 140 valence electrons. The fraction of sp³-hybridized carbons (Fsp3) is 0.421. The average molecular weight is 362 g/mol. The maximum absolute atomic E-state index is 12.0. The van der Waals surface area contributed by atoms with Crippen LogP contribution in [-0.2, 0) is 23.9 Å². The van der Waals surface area contributed by atoms with Gasteiger partial charge in [0.05, 0.1) is 12.5 Å². The third kappa shape index (κ3) is 4.00. The maximum Gasteiger partial charge on any atom is 0.334 e. The van der Waals surface area contributed by atoms with Crippen LogP contribution >= 0.6 is 0 Å². The molecule has 4 unspecified atom stereocenters. The van der Waals surface area contributed by atoms with Crippen molar-refractivity contribution in [1.82, 2.24) is 0 Å². The smallest absolute Gasteiger partial charge is 0.334 e. The highest BCUT2D eigenvalue weighted by atomic mass is 16.6. The van der Waals surface area contributed by atoms with Gasteiger partial charge >= 0.3 is 11.9 Å². The Morgan fingerprint density at radius 1 is 1.50 bits per heavy atom. The van der Waals surface area contributed by atoms with E-state index >= 15 is 0 Å². The zero-order valence-electron chi connectivity index (χ0n) is 14.5. The molecule has 0 spiro atoms. The Bertz CT molecular complexity index is 701. The van der Waals surface area contributed by atoms with Gasteiger partial charge in [-0.2, -0.15) is 0 Å². The van der Waals surface area contributed by atoms with E-state index in [0.717, 1.165) is 0 Å². The summed E-state index contributed by atoms with van der Waals surface area (Å²) in [7, 11) is 0. The second-order valence-corrected chi connectivity index (χ2v) is 6.36. The lowest BCUT2D eigenvalue weighted by Crippen LogP contribution is -2.43. The van der Waals surface area contributed by atoms with Gasteiger partial charge in [0.15, 0.2) is 0 Å². The number of carbonyl (C=O) groups excluding carboxylic acids is 3. The van der Waals surface area contributed by atoms with Crippen molar-refractivity contribution in [3.05, 3.63) is 47.6 Å². The Morgan fingerprint density at radius 2 is 2.19 bits per heavy atom. The van der Waals surface area contributed by atoms with Crippen LogP contribution in [-0.4, -0.2) is 53.4 Å². The monoisotopic (exact) mass is 362 g/mol. The molecule has 2 N–H and O–H groups in total. The lowest BCUT2D eigenvalue weighted by Gasteiger charge is -2.30. The number of allylic oxidation sites excluding steroid dienone is 1. The normalized spacial score (nSPS) is 33.0. The first-order chi connectivity index (χ1) is 12.3. The molecule has 1 aliphatic carbocycles. The van der Waals surface area contributed by atoms with Gasteiger partial charge < -0.3 is 19.7 Å². The Kier molecular flexibility index (Phi) is 6.28. The SMILES string of the molecule is C=C(C)C(=O)OC1C(O)/C(C=O)=C\CC/C(CO)=C/C2OC(=O)C(=C)C21. The highest BCUT2D eigenvalue weighted by Crippen LogP contribution is 2.36. The Morgan fingerprint density at radius 3 is 2.77 bits per heavy atom. The van der Waals surface area contributed by atoms with Crippen molar-refractivity contribution in [2.24, 2.45) is 5.92 Å². The zero-order chi connectivity index (χ0) is 19.4. The molecular weight excluding hydrogens is 340 g/mol. The van der Waals surface area contributed by atoms with Crippen LogP contribution in [0.3, 0.4) is 0 Å². The van der Waals surface area contributed by atoms with E-state index in [0.29, 0.717) is 24.7 Å². The third-order valence-corrected chi connectivity index (χ3v) is 4.44. The highest BCUT2D eigenvalue weighted by Gasteiger charge is 2.48. The van der Waals surface area contributed by atoms with Crippen molar-refractivity contribution in [1.29, 1.82) is 0 Å². The molecule has 4 atom stereocenters. The zero-order valence-corrected chi connectivity index (χ0v) is 14.5. The molecule has 26 heavy (non-hydrogen) atoms. The molecule has 1 saturated heterocycles. The summed E-state index contributed by atoms with van der Waals surface area (Å²) < 4.78 is 10.6. The van der Waals surface area contributed by atoms with E-state index in [1.54, 1.807) is 6.08 Å². The van der Waals surface area contributed by atoms with Crippen molar-refractivity contribution >= 4 is 18.2 Å². The van der Waals surface area contributed by atoms with Crippen LogP contribution in [0.2, 0.25) is 0 Å². The van der Waals surface area contributed by atoms with Crippen molar-refractivity contribution in [2.45, 2.75) is 38.1 Å². The standard InChI is InChI=1S/C19H22O7/c1-10(2)18(23)26-17-15-11(3)19(24)25-14(15)7-12(8-20)5-4-6-13(9-21)16(17)22/h6-7,9,14-17,20,22H,1,3-5,8H2,2H3/b12-7-,13-6-. The summed E-state index contributed by atoms with van der Waals surface area (Å²) in [4.78, 5) is 35.5.